The first-order chi connectivity index (χ1) is 5.70. The third kappa shape index (κ3) is 0.937. The van der Waals surface area contributed by atoms with Gasteiger partial charge in [0.1, 0.15) is 10.5 Å². The van der Waals surface area contributed by atoms with E-state index in [4.69, 9.17) is 11.6 Å². The molecule has 0 aliphatic carbocycles. The molecule has 0 saturated heterocycles. The highest BCUT2D eigenvalue weighted by atomic mass is 35.5. The van der Waals surface area contributed by atoms with Gasteiger partial charge in [0.2, 0.25) is 4.96 Å². The Balaban J connectivity index is 3.04. The second-order valence-electron chi connectivity index (χ2n) is 2.25. The molecule has 0 N–H and O–H groups in total. The Morgan fingerprint density at radius 1 is 1.67 bits per heavy atom. The van der Waals surface area contributed by atoms with E-state index in [-0.39, 0.29) is 5.02 Å². The second kappa shape index (κ2) is 2.53. The van der Waals surface area contributed by atoms with Crippen molar-refractivity contribution in [2.45, 2.75) is 6.92 Å². The highest BCUT2D eigenvalue weighted by Crippen LogP contribution is 2.12. The molecule has 0 aliphatic rings. The van der Waals surface area contributed by atoms with E-state index in [1.165, 1.54) is 11.3 Å². The van der Waals surface area contributed by atoms with Crippen molar-refractivity contribution in [1.82, 2.24) is 14.6 Å². The molecule has 0 spiro atoms. The first-order valence-electron chi connectivity index (χ1n) is 3.19. The molecule has 0 bridgehead atoms. The van der Waals surface area contributed by atoms with Crippen LogP contribution in [0.3, 0.4) is 0 Å². The van der Waals surface area contributed by atoms with Crippen LogP contribution in [-0.2, 0) is 0 Å². The lowest BCUT2D eigenvalue weighted by molar-refractivity contribution is 0.887. The minimum atomic E-state index is -0.390. The van der Waals surface area contributed by atoms with Crippen LogP contribution in [0.4, 0.5) is 0 Å². The molecule has 62 valence electrons. The van der Waals surface area contributed by atoms with Gasteiger partial charge in [-0.25, -0.2) is 4.52 Å². The van der Waals surface area contributed by atoms with E-state index in [2.05, 4.69) is 10.1 Å². The summed E-state index contributed by atoms with van der Waals surface area (Å²) in [7, 11) is 0. The van der Waals surface area contributed by atoms with Gasteiger partial charge >= 0.3 is 0 Å². The summed E-state index contributed by atoms with van der Waals surface area (Å²) in [6.07, 6.45) is 0. The number of halogens is 1. The maximum Gasteiger partial charge on any atom is 0.293 e. The van der Waals surface area contributed by atoms with Crippen LogP contribution in [0.15, 0.2) is 10.3 Å². The highest BCUT2D eigenvalue weighted by molar-refractivity contribution is 7.14. The Morgan fingerprint density at radius 2 is 2.42 bits per heavy atom. The summed E-state index contributed by atoms with van der Waals surface area (Å²) < 4.78 is 1.55. The molecule has 0 saturated carbocycles. The number of aryl methyl sites for hydroxylation is 1. The first kappa shape index (κ1) is 7.70. The number of rotatable bonds is 0. The van der Waals surface area contributed by atoms with E-state index < -0.39 is 5.56 Å². The largest absolute Gasteiger partial charge is 0.293 e. The van der Waals surface area contributed by atoms with Crippen LogP contribution in [0.25, 0.3) is 4.96 Å². The van der Waals surface area contributed by atoms with Gasteiger partial charge in [-0.2, -0.15) is 10.1 Å². The van der Waals surface area contributed by atoms with Crippen molar-refractivity contribution in [1.29, 1.82) is 0 Å². The maximum absolute atomic E-state index is 11.1. The number of fused-ring (bicyclic) bond motifs is 1. The SMILES string of the molecule is Cc1c(Cl)c(=O)nc2scnn12. The molecule has 0 amide bonds. The van der Waals surface area contributed by atoms with Crippen LogP contribution in [0, 0.1) is 6.92 Å². The molecule has 12 heavy (non-hydrogen) atoms. The van der Waals surface area contributed by atoms with E-state index in [9.17, 15) is 4.79 Å². The molecule has 0 atom stereocenters. The average molecular weight is 202 g/mol. The lowest BCUT2D eigenvalue weighted by Gasteiger charge is -1.96. The van der Waals surface area contributed by atoms with Crippen LogP contribution in [0.1, 0.15) is 5.69 Å². The van der Waals surface area contributed by atoms with Gasteiger partial charge in [0, 0.05) is 0 Å². The van der Waals surface area contributed by atoms with Crippen molar-refractivity contribution in [3.63, 3.8) is 0 Å². The minimum Gasteiger partial charge on any atom is -0.266 e. The van der Waals surface area contributed by atoms with Gasteiger partial charge in [-0.1, -0.05) is 22.9 Å². The van der Waals surface area contributed by atoms with E-state index in [0.29, 0.717) is 10.7 Å². The maximum atomic E-state index is 11.1. The first-order valence-corrected chi connectivity index (χ1v) is 4.44. The molecule has 2 heterocycles. The molecule has 0 aromatic carbocycles. The summed E-state index contributed by atoms with van der Waals surface area (Å²) in [5.41, 5.74) is 1.86. The number of hydrogen-bond donors (Lipinski definition) is 0. The highest BCUT2D eigenvalue weighted by Gasteiger charge is 2.07. The van der Waals surface area contributed by atoms with E-state index in [0.717, 1.165) is 0 Å². The average Bonchev–Trinajstić information content (AvgIpc) is 2.48. The molecule has 0 aliphatic heterocycles. The number of hydrogen-bond acceptors (Lipinski definition) is 4. The van der Waals surface area contributed by atoms with Crippen molar-refractivity contribution in [3.05, 3.63) is 26.6 Å². The third-order valence-electron chi connectivity index (χ3n) is 1.52. The Morgan fingerprint density at radius 3 is 3.17 bits per heavy atom. The van der Waals surface area contributed by atoms with E-state index in [1.54, 1.807) is 16.9 Å². The van der Waals surface area contributed by atoms with Crippen LogP contribution in [0.2, 0.25) is 5.02 Å². The quantitative estimate of drug-likeness (QED) is 0.642. The molecule has 6 heteroatoms. The van der Waals surface area contributed by atoms with Gasteiger partial charge < -0.3 is 0 Å². The topological polar surface area (TPSA) is 47.3 Å². The van der Waals surface area contributed by atoms with Gasteiger partial charge in [0.25, 0.3) is 5.56 Å². The lowest BCUT2D eigenvalue weighted by atomic mass is 10.4. The monoisotopic (exact) mass is 201 g/mol. The molecular formula is C6H4ClN3OS. The fourth-order valence-electron chi connectivity index (χ4n) is 0.905. The summed E-state index contributed by atoms with van der Waals surface area (Å²) in [6.45, 7) is 1.73. The van der Waals surface area contributed by atoms with E-state index >= 15 is 0 Å². The molecule has 0 fully saturated rings. The Bertz CT molecular complexity index is 489. The molecule has 4 nitrogen and oxygen atoms in total. The third-order valence-corrected chi connectivity index (χ3v) is 2.63. The van der Waals surface area contributed by atoms with Crippen LogP contribution < -0.4 is 5.56 Å². The lowest BCUT2D eigenvalue weighted by Crippen LogP contribution is -2.11. The van der Waals surface area contributed by atoms with Crippen molar-refractivity contribution >= 4 is 27.9 Å². The summed E-state index contributed by atoms with van der Waals surface area (Å²) in [5, 5.41) is 4.11. The predicted molar refractivity (Wildman–Crippen MR) is 46.9 cm³/mol. The predicted octanol–water partition coefficient (Wildman–Crippen LogP) is 1.11. The summed E-state index contributed by atoms with van der Waals surface area (Å²) in [6, 6.07) is 0. The molecule has 2 aromatic rings. The smallest absolute Gasteiger partial charge is 0.266 e. The fraction of sp³-hybridized carbons (Fsp3) is 0.167. The number of nitrogens with zero attached hydrogens (tertiary/aromatic N) is 3. The fourth-order valence-corrected chi connectivity index (χ4v) is 1.68. The summed E-state index contributed by atoms with van der Waals surface area (Å²) in [5.74, 6) is 0. The molecule has 0 unspecified atom stereocenters. The standard InChI is InChI=1S/C6H4ClN3OS/c1-3-4(7)5(11)9-6-10(3)8-2-12-6/h2H,1H3. The van der Waals surface area contributed by atoms with Gasteiger partial charge in [0.05, 0.1) is 5.69 Å². The molecule has 2 rings (SSSR count). The summed E-state index contributed by atoms with van der Waals surface area (Å²) in [4.78, 5) is 15.4. The Hall–Kier alpha value is -0.940. The molecular weight excluding hydrogens is 198 g/mol. The Labute approximate surface area is 76.4 Å². The second-order valence-corrected chi connectivity index (χ2v) is 3.44. The zero-order valence-electron chi connectivity index (χ0n) is 6.11. The van der Waals surface area contributed by atoms with Crippen molar-refractivity contribution in [2.75, 3.05) is 0 Å². The molecule has 0 radical (unpaired) electrons. The van der Waals surface area contributed by atoms with Crippen molar-refractivity contribution in [2.24, 2.45) is 0 Å². The number of aromatic nitrogens is 3. The van der Waals surface area contributed by atoms with Gasteiger partial charge in [-0.05, 0) is 6.92 Å². The van der Waals surface area contributed by atoms with Crippen LogP contribution >= 0.6 is 22.9 Å². The Kier molecular flexibility index (Phi) is 1.62. The van der Waals surface area contributed by atoms with Gasteiger partial charge in [-0.3, -0.25) is 4.79 Å². The van der Waals surface area contributed by atoms with E-state index in [1.807, 2.05) is 0 Å². The van der Waals surface area contributed by atoms with Gasteiger partial charge in [-0.15, -0.1) is 0 Å². The van der Waals surface area contributed by atoms with Crippen molar-refractivity contribution < 1.29 is 0 Å². The van der Waals surface area contributed by atoms with Crippen molar-refractivity contribution in [3.8, 4) is 0 Å². The van der Waals surface area contributed by atoms with Crippen LogP contribution in [0.5, 0.6) is 0 Å². The van der Waals surface area contributed by atoms with Crippen LogP contribution in [-0.4, -0.2) is 14.6 Å². The summed E-state index contributed by atoms with van der Waals surface area (Å²) >= 11 is 6.99. The molecule has 2 aromatic heterocycles. The zero-order chi connectivity index (χ0) is 8.72. The minimum absolute atomic E-state index is 0.137. The normalized spacial score (nSPS) is 10.8. The van der Waals surface area contributed by atoms with Gasteiger partial charge in [0.15, 0.2) is 0 Å². The zero-order valence-corrected chi connectivity index (χ0v) is 7.69.